The Morgan fingerprint density at radius 2 is 1.94 bits per heavy atom. The standard InChI is InChI=1S/C24H30FN3O6/c1-15(16-5-3-2-4-6-16)24(34-23(26)31,14-20(29)28-9-11-32-12-10-28)21(30)22-27-18-8-7-17(25)13-19(18)33-22/h7-8,13,15-16H,2-6,9-12,14H2,1H3,(H2,26,31). The number of amides is 2. The first kappa shape index (κ1) is 24.1. The molecule has 4 rings (SSSR count). The van der Waals surface area contributed by atoms with Gasteiger partial charge < -0.3 is 24.5 Å². The maximum atomic E-state index is 14.0. The van der Waals surface area contributed by atoms with Gasteiger partial charge in [0.05, 0.1) is 19.6 Å². The van der Waals surface area contributed by atoms with Crippen molar-refractivity contribution in [2.24, 2.45) is 17.6 Å². The second kappa shape index (κ2) is 10.1. The van der Waals surface area contributed by atoms with Crippen LogP contribution < -0.4 is 5.73 Å². The van der Waals surface area contributed by atoms with E-state index >= 15 is 0 Å². The van der Waals surface area contributed by atoms with Crippen LogP contribution in [0.2, 0.25) is 0 Å². The number of aromatic nitrogens is 1. The minimum atomic E-state index is -1.90. The van der Waals surface area contributed by atoms with Gasteiger partial charge in [-0.15, -0.1) is 0 Å². The summed E-state index contributed by atoms with van der Waals surface area (Å²) in [4.78, 5) is 45.2. The van der Waals surface area contributed by atoms with E-state index in [2.05, 4.69) is 4.98 Å². The van der Waals surface area contributed by atoms with E-state index in [9.17, 15) is 18.8 Å². The van der Waals surface area contributed by atoms with E-state index in [-0.39, 0.29) is 35.2 Å². The molecule has 2 amide bonds. The molecule has 184 valence electrons. The molecule has 2 atom stereocenters. The number of morpholine rings is 1. The molecule has 1 aromatic heterocycles. The quantitative estimate of drug-likeness (QED) is 0.608. The molecule has 0 radical (unpaired) electrons. The van der Waals surface area contributed by atoms with Crippen molar-refractivity contribution in [3.63, 3.8) is 0 Å². The monoisotopic (exact) mass is 475 g/mol. The van der Waals surface area contributed by atoms with Crippen molar-refractivity contribution in [2.75, 3.05) is 26.3 Å². The fourth-order valence-corrected chi connectivity index (χ4v) is 5.14. The lowest BCUT2D eigenvalue weighted by Crippen LogP contribution is -2.56. The Morgan fingerprint density at radius 1 is 1.24 bits per heavy atom. The summed E-state index contributed by atoms with van der Waals surface area (Å²) in [6, 6.07) is 3.73. The lowest BCUT2D eigenvalue weighted by atomic mass is 9.69. The van der Waals surface area contributed by atoms with Crippen LogP contribution in [0.25, 0.3) is 11.1 Å². The summed E-state index contributed by atoms with van der Waals surface area (Å²) in [6.07, 6.45) is 3.17. The summed E-state index contributed by atoms with van der Waals surface area (Å²) in [6.45, 7) is 3.33. The fourth-order valence-electron chi connectivity index (χ4n) is 5.14. The van der Waals surface area contributed by atoms with Crippen molar-refractivity contribution < 1.29 is 32.7 Å². The number of benzene rings is 1. The van der Waals surface area contributed by atoms with Gasteiger partial charge in [0.15, 0.2) is 11.2 Å². The van der Waals surface area contributed by atoms with Crippen LogP contribution >= 0.6 is 0 Å². The summed E-state index contributed by atoms with van der Waals surface area (Å²) in [5.41, 5.74) is 3.92. The first-order valence-electron chi connectivity index (χ1n) is 11.7. The maximum absolute atomic E-state index is 14.0. The zero-order valence-corrected chi connectivity index (χ0v) is 19.3. The molecule has 2 heterocycles. The number of primary amides is 1. The summed E-state index contributed by atoms with van der Waals surface area (Å²) in [7, 11) is 0. The van der Waals surface area contributed by atoms with E-state index in [0.717, 1.165) is 38.2 Å². The number of halogens is 1. The first-order chi connectivity index (χ1) is 16.3. The van der Waals surface area contributed by atoms with Crippen molar-refractivity contribution in [3.05, 3.63) is 29.9 Å². The number of ether oxygens (including phenoxy) is 2. The average Bonchev–Trinajstić information content (AvgIpc) is 3.26. The van der Waals surface area contributed by atoms with E-state index in [1.807, 2.05) is 6.92 Å². The van der Waals surface area contributed by atoms with Gasteiger partial charge in [0.25, 0.3) is 11.7 Å². The molecular formula is C24H30FN3O6. The Morgan fingerprint density at radius 3 is 2.62 bits per heavy atom. The highest BCUT2D eigenvalue weighted by Gasteiger charge is 2.54. The number of carbonyl (C=O) groups excluding carboxylic acids is 3. The Balaban J connectivity index is 1.76. The Hall–Kier alpha value is -3.01. The van der Waals surface area contributed by atoms with Crippen molar-refractivity contribution in [1.29, 1.82) is 0 Å². The van der Waals surface area contributed by atoms with Gasteiger partial charge in [0.2, 0.25) is 5.91 Å². The van der Waals surface area contributed by atoms with Crippen LogP contribution in [0.15, 0.2) is 22.6 Å². The first-order valence-corrected chi connectivity index (χ1v) is 11.7. The highest BCUT2D eigenvalue weighted by molar-refractivity contribution is 6.04. The van der Waals surface area contributed by atoms with Gasteiger partial charge in [-0.25, -0.2) is 14.2 Å². The second-order valence-corrected chi connectivity index (χ2v) is 9.13. The van der Waals surface area contributed by atoms with Gasteiger partial charge in [-0.05, 0) is 18.1 Å². The molecule has 1 aromatic carbocycles. The molecule has 1 aliphatic heterocycles. The predicted molar refractivity (Wildman–Crippen MR) is 119 cm³/mol. The SMILES string of the molecule is CC(C1CCCCC1)C(CC(=O)N1CCOCC1)(OC(N)=O)C(=O)c1nc2ccc(F)cc2o1. The number of nitrogens with two attached hydrogens (primary N) is 1. The van der Waals surface area contributed by atoms with Crippen molar-refractivity contribution in [1.82, 2.24) is 9.88 Å². The largest absolute Gasteiger partial charge is 0.434 e. The van der Waals surface area contributed by atoms with Gasteiger partial charge >= 0.3 is 6.09 Å². The van der Waals surface area contributed by atoms with E-state index < -0.39 is 29.2 Å². The second-order valence-electron chi connectivity index (χ2n) is 9.13. The number of Topliss-reactive ketones (excluding diaryl/α,β-unsaturated/α-hetero) is 1. The number of fused-ring (bicyclic) bond motifs is 1. The minimum Gasteiger partial charge on any atom is -0.434 e. The number of rotatable bonds is 7. The molecule has 0 bridgehead atoms. The van der Waals surface area contributed by atoms with Crippen LogP contribution in [0.3, 0.4) is 0 Å². The summed E-state index contributed by atoms with van der Waals surface area (Å²) >= 11 is 0. The smallest absolute Gasteiger partial charge is 0.405 e. The number of nitrogens with zero attached hydrogens (tertiary/aromatic N) is 2. The summed E-state index contributed by atoms with van der Waals surface area (Å²) < 4.78 is 30.2. The number of hydrogen-bond donors (Lipinski definition) is 1. The molecule has 1 aliphatic carbocycles. The molecule has 2 N–H and O–H groups in total. The molecule has 9 nitrogen and oxygen atoms in total. The lowest BCUT2D eigenvalue weighted by molar-refractivity contribution is -0.141. The number of carbonyl (C=O) groups is 3. The van der Waals surface area contributed by atoms with E-state index in [4.69, 9.17) is 19.6 Å². The highest BCUT2D eigenvalue weighted by atomic mass is 19.1. The van der Waals surface area contributed by atoms with Crippen LogP contribution in [0, 0.1) is 17.7 Å². The number of ketones is 1. The average molecular weight is 476 g/mol. The van der Waals surface area contributed by atoms with Gasteiger partial charge in [0.1, 0.15) is 11.3 Å². The molecule has 2 aromatic rings. The maximum Gasteiger partial charge on any atom is 0.405 e. The summed E-state index contributed by atoms with van der Waals surface area (Å²) in [5, 5.41) is 0. The van der Waals surface area contributed by atoms with Crippen molar-refractivity contribution in [2.45, 2.75) is 51.0 Å². The van der Waals surface area contributed by atoms with E-state index in [1.54, 1.807) is 4.90 Å². The van der Waals surface area contributed by atoms with Crippen molar-refractivity contribution in [3.8, 4) is 0 Å². The van der Waals surface area contributed by atoms with Crippen LogP contribution in [0.1, 0.15) is 56.1 Å². The van der Waals surface area contributed by atoms with E-state index in [1.165, 1.54) is 12.1 Å². The third-order valence-electron chi connectivity index (χ3n) is 7.08. The number of hydrogen-bond acceptors (Lipinski definition) is 7. The van der Waals surface area contributed by atoms with E-state index in [0.29, 0.717) is 26.3 Å². The molecule has 1 saturated heterocycles. The predicted octanol–water partition coefficient (Wildman–Crippen LogP) is 3.45. The topological polar surface area (TPSA) is 125 Å². The lowest BCUT2D eigenvalue weighted by Gasteiger charge is -2.41. The number of oxazole rings is 1. The van der Waals surface area contributed by atoms with Crippen LogP contribution in [0.5, 0.6) is 0 Å². The van der Waals surface area contributed by atoms with Crippen LogP contribution in [-0.2, 0) is 14.3 Å². The minimum absolute atomic E-state index is 0.0383. The molecule has 2 unspecified atom stereocenters. The van der Waals surface area contributed by atoms with Gasteiger partial charge in [-0.3, -0.25) is 9.59 Å². The third kappa shape index (κ3) is 4.91. The fraction of sp³-hybridized carbons (Fsp3) is 0.583. The zero-order valence-electron chi connectivity index (χ0n) is 19.3. The molecule has 0 spiro atoms. The summed E-state index contributed by atoms with van der Waals surface area (Å²) in [5.74, 6) is -2.47. The Labute approximate surface area is 196 Å². The Bertz CT molecular complexity index is 1060. The van der Waals surface area contributed by atoms with Gasteiger partial charge in [-0.2, -0.15) is 0 Å². The normalized spacial score (nSPS) is 20.0. The van der Waals surface area contributed by atoms with Gasteiger partial charge in [0, 0.05) is 25.1 Å². The highest BCUT2D eigenvalue weighted by Crippen LogP contribution is 2.41. The molecule has 34 heavy (non-hydrogen) atoms. The van der Waals surface area contributed by atoms with Crippen LogP contribution in [-0.4, -0.2) is 59.6 Å². The third-order valence-corrected chi connectivity index (χ3v) is 7.08. The van der Waals surface area contributed by atoms with Crippen LogP contribution in [0.4, 0.5) is 9.18 Å². The molecule has 1 saturated carbocycles. The molecule has 2 fully saturated rings. The van der Waals surface area contributed by atoms with Gasteiger partial charge in [-0.1, -0.05) is 39.0 Å². The molecule has 10 heteroatoms. The molecular weight excluding hydrogens is 445 g/mol. The van der Waals surface area contributed by atoms with Crippen molar-refractivity contribution >= 4 is 28.9 Å². The zero-order chi connectivity index (χ0) is 24.3. The Kier molecular flexibility index (Phi) is 7.16. The molecule has 2 aliphatic rings.